The summed E-state index contributed by atoms with van der Waals surface area (Å²) in [5, 5.41) is 4.17. The number of carbonyl (C=O) groups excluding carboxylic acids is 1. The smallest absolute Gasteiger partial charge is 0.336 e. The van der Waals surface area contributed by atoms with Gasteiger partial charge in [-0.15, -0.1) is 0 Å². The fraction of sp³-hybridized carbons (Fsp3) is 0.276. The molecule has 7 heteroatoms. The number of fused-ring (bicyclic) bond motifs is 1. The lowest BCUT2D eigenvalue weighted by Gasteiger charge is -2.22. The Morgan fingerprint density at radius 2 is 1.64 bits per heavy atom. The molecule has 0 unspecified atom stereocenters. The van der Waals surface area contributed by atoms with Gasteiger partial charge >= 0.3 is 5.69 Å². The van der Waals surface area contributed by atoms with Gasteiger partial charge in [-0.25, -0.2) is 9.36 Å². The van der Waals surface area contributed by atoms with Crippen molar-refractivity contribution in [1.82, 2.24) is 14.5 Å². The Bertz CT molecular complexity index is 1520. The molecular formula is C29H28ClN3O3. The van der Waals surface area contributed by atoms with Crippen LogP contribution in [0.3, 0.4) is 0 Å². The summed E-state index contributed by atoms with van der Waals surface area (Å²) in [5.74, 6) is 0.00130. The van der Waals surface area contributed by atoms with Gasteiger partial charge in [0.15, 0.2) is 0 Å². The van der Waals surface area contributed by atoms with Crippen LogP contribution >= 0.6 is 11.6 Å². The highest BCUT2D eigenvalue weighted by Gasteiger charge is 2.17. The second-order valence-corrected chi connectivity index (χ2v) is 9.84. The van der Waals surface area contributed by atoms with Crippen LogP contribution in [0.15, 0.2) is 82.4 Å². The predicted molar refractivity (Wildman–Crippen MR) is 143 cm³/mol. The van der Waals surface area contributed by atoms with Crippen molar-refractivity contribution in [3.63, 3.8) is 0 Å². The van der Waals surface area contributed by atoms with Crippen molar-refractivity contribution in [3.8, 4) is 5.69 Å². The Labute approximate surface area is 214 Å². The van der Waals surface area contributed by atoms with Crippen molar-refractivity contribution in [1.29, 1.82) is 0 Å². The molecule has 5 rings (SSSR count). The molecule has 6 nitrogen and oxygen atoms in total. The number of rotatable bonds is 6. The highest BCUT2D eigenvalue weighted by atomic mass is 35.5. The van der Waals surface area contributed by atoms with Crippen molar-refractivity contribution >= 4 is 28.4 Å². The minimum atomic E-state index is -0.429. The zero-order valence-corrected chi connectivity index (χ0v) is 20.7. The fourth-order valence-electron chi connectivity index (χ4n) is 4.99. The minimum absolute atomic E-state index is 0.00130. The van der Waals surface area contributed by atoms with Gasteiger partial charge in [-0.3, -0.25) is 14.2 Å². The highest BCUT2D eigenvalue weighted by molar-refractivity contribution is 6.30. The number of nitrogens with one attached hydrogen (secondary N) is 1. The second kappa shape index (κ2) is 10.5. The molecule has 1 fully saturated rings. The third kappa shape index (κ3) is 5.14. The van der Waals surface area contributed by atoms with Crippen LogP contribution in [-0.2, 0) is 17.8 Å². The van der Waals surface area contributed by atoms with E-state index in [0.717, 1.165) is 36.8 Å². The van der Waals surface area contributed by atoms with E-state index in [1.54, 1.807) is 53.1 Å². The number of carbonyl (C=O) groups is 1. The fourth-order valence-corrected chi connectivity index (χ4v) is 5.21. The van der Waals surface area contributed by atoms with E-state index in [1.807, 2.05) is 24.3 Å². The summed E-state index contributed by atoms with van der Waals surface area (Å²) in [6, 6.07) is 21.8. The van der Waals surface area contributed by atoms with E-state index in [2.05, 4.69) is 5.32 Å². The molecule has 1 amide bonds. The number of hydrogen-bond acceptors (Lipinski definition) is 3. The predicted octanol–water partition coefficient (Wildman–Crippen LogP) is 4.85. The normalized spacial score (nSPS) is 14.1. The van der Waals surface area contributed by atoms with Gasteiger partial charge in [-0.2, -0.15) is 0 Å². The topological polar surface area (TPSA) is 73.1 Å². The molecule has 1 heterocycles. The molecule has 36 heavy (non-hydrogen) atoms. The van der Waals surface area contributed by atoms with Gasteiger partial charge in [-0.1, -0.05) is 67.3 Å². The molecule has 1 N–H and O–H groups in total. The molecule has 0 saturated heterocycles. The molecule has 0 atom stereocenters. The first-order valence-corrected chi connectivity index (χ1v) is 12.7. The minimum Gasteiger partial charge on any atom is -0.353 e. The summed E-state index contributed by atoms with van der Waals surface area (Å²) >= 11 is 6.16. The van der Waals surface area contributed by atoms with Crippen LogP contribution in [0.4, 0.5) is 0 Å². The maximum Gasteiger partial charge on any atom is 0.336 e. The summed E-state index contributed by atoms with van der Waals surface area (Å²) in [4.78, 5) is 39.5. The molecule has 4 aromatic rings. The Kier molecular flexibility index (Phi) is 7.05. The van der Waals surface area contributed by atoms with Gasteiger partial charge in [0.1, 0.15) is 0 Å². The van der Waals surface area contributed by atoms with Crippen LogP contribution < -0.4 is 16.6 Å². The van der Waals surface area contributed by atoms with Crippen molar-refractivity contribution in [2.24, 2.45) is 0 Å². The maximum absolute atomic E-state index is 13.6. The number of amides is 1. The van der Waals surface area contributed by atoms with Gasteiger partial charge in [-0.05, 0) is 60.4 Å². The molecule has 184 valence electrons. The van der Waals surface area contributed by atoms with E-state index in [-0.39, 0.29) is 30.5 Å². The molecule has 0 bridgehead atoms. The monoisotopic (exact) mass is 501 g/mol. The number of para-hydroxylation sites is 1. The molecule has 1 aliphatic carbocycles. The third-order valence-corrected chi connectivity index (χ3v) is 7.04. The molecule has 1 aliphatic rings. The standard InChI is InChI=1S/C29H28ClN3O3/c30-22-8-6-7-21(17-22)19-32-26-12-5-4-11-25(26)28(35)33(29(32)36)24-15-13-20(14-16-24)18-27(34)31-23-9-2-1-3-10-23/h4-8,11-17,23H,1-3,9-10,18-19H2,(H,31,34). The van der Waals surface area contributed by atoms with Gasteiger partial charge in [0.2, 0.25) is 5.91 Å². The zero-order chi connectivity index (χ0) is 25.1. The summed E-state index contributed by atoms with van der Waals surface area (Å²) in [7, 11) is 0. The average Bonchev–Trinajstić information content (AvgIpc) is 2.88. The van der Waals surface area contributed by atoms with E-state index >= 15 is 0 Å². The van der Waals surface area contributed by atoms with Crippen LogP contribution in [0.5, 0.6) is 0 Å². The van der Waals surface area contributed by atoms with Gasteiger partial charge in [0.05, 0.1) is 29.6 Å². The number of hydrogen-bond donors (Lipinski definition) is 1. The Morgan fingerprint density at radius 3 is 2.39 bits per heavy atom. The van der Waals surface area contributed by atoms with Crippen molar-refractivity contribution in [3.05, 3.63) is 110 Å². The molecule has 1 aromatic heterocycles. The first-order chi connectivity index (χ1) is 17.5. The molecule has 1 saturated carbocycles. The number of halogens is 1. The van der Waals surface area contributed by atoms with E-state index < -0.39 is 5.69 Å². The van der Waals surface area contributed by atoms with E-state index in [0.29, 0.717) is 21.6 Å². The van der Waals surface area contributed by atoms with E-state index in [9.17, 15) is 14.4 Å². The highest BCUT2D eigenvalue weighted by Crippen LogP contribution is 2.18. The quantitative estimate of drug-likeness (QED) is 0.410. The molecular weight excluding hydrogens is 474 g/mol. The first-order valence-electron chi connectivity index (χ1n) is 12.4. The largest absolute Gasteiger partial charge is 0.353 e. The Morgan fingerprint density at radius 1 is 0.889 bits per heavy atom. The second-order valence-electron chi connectivity index (χ2n) is 9.40. The molecule has 0 aliphatic heterocycles. The average molecular weight is 502 g/mol. The summed E-state index contributed by atoms with van der Waals surface area (Å²) in [6.45, 7) is 0.277. The van der Waals surface area contributed by atoms with Crippen LogP contribution in [0, 0.1) is 0 Å². The van der Waals surface area contributed by atoms with Gasteiger partial charge in [0, 0.05) is 11.1 Å². The van der Waals surface area contributed by atoms with Crippen LogP contribution in [-0.4, -0.2) is 21.1 Å². The van der Waals surface area contributed by atoms with Crippen molar-refractivity contribution in [2.45, 2.75) is 51.1 Å². The van der Waals surface area contributed by atoms with Crippen molar-refractivity contribution in [2.75, 3.05) is 0 Å². The zero-order valence-electron chi connectivity index (χ0n) is 20.0. The summed E-state index contributed by atoms with van der Waals surface area (Å²) < 4.78 is 2.78. The summed E-state index contributed by atoms with van der Waals surface area (Å²) in [6.07, 6.45) is 5.91. The van der Waals surface area contributed by atoms with Gasteiger partial charge < -0.3 is 5.32 Å². The number of aromatic nitrogens is 2. The maximum atomic E-state index is 13.6. The van der Waals surface area contributed by atoms with Crippen molar-refractivity contribution < 1.29 is 4.79 Å². The Balaban J connectivity index is 1.46. The van der Waals surface area contributed by atoms with E-state index in [1.165, 1.54) is 11.0 Å². The van der Waals surface area contributed by atoms with E-state index in [4.69, 9.17) is 11.6 Å². The molecule has 0 spiro atoms. The van der Waals surface area contributed by atoms with Crippen LogP contribution in [0.25, 0.3) is 16.6 Å². The lowest BCUT2D eigenvalue weighted by molar-refractivity contribution is -0.121. The first kappa shape index (κ1) is 24.1. The summed E-state index contributed by atoms with van der Waals surface area (Å²) in [5.41, 5.74) is 1.92. The lowest BCUT2D eigenvalue weighted by atomic mass is 9.95. The van der Waals surface area contributed by atoms with Crippen LogP contribution in [0.1, 0.15) is 43.2 Å². The van der Waals surface area contributed by atoms with Gasteiger partial charge in [0.25, 0.3) is 5.56 Å². The Hall–Kier alpha value is -3.64. The third-order valence-electron chi connectivity index (χ3n) is 6.81. The molecule has 0 radical (unpaired) electrons. The SMILES string of the molecule is O=C(Cc1ccc(-n2c(=O)c3ccccc3n(Cc3cccc(Cl)c3)c2=O)cc1)NC1CCCCC1. The molecule has 3 aromatic carbocycles. The van der Waals surface area contributed by atoms with Crippen LogP contribution in [0.2, 0.25) is 5.02 Å². The lowest BCUT2D eigenvalue weighted by Crippen LogP contribution is -2.39. The number of benzene rings is 3. The number of nitrogens with zero attached hydrogens (tertiary/aromatic N) is 2.